The number of hydrogen-bond acceptors (Lipinski definition) is 3. The Hall–Kier alpha value is -1.30. The van der Waals surface area contributed by atoms with Gasteiger partial charge in [-0.15, -0.1) is 0 Å². The molecule has 0 aromatic rings. The van der Waals surface area contributed by atoms with E-state index in [0.29, 0.717) is 19.0 Å². The highest BCUT2D eigenvalue weighted by Gasteiger charge is 2.35. The number of amides is 1. The molecule has 1 aliphatic heterocycles. The highest BCUT2D eigenvalue weighted by Crippen LogP contribution is 2.34. The fourth-order valence-corrected chi connectivity index (χ4v) is 3.39. The first-order valence-electron chi connectivity index (χ1n) is 9.83. The van der Waals surface area contributed by atoms with Crippen molar-refractivity contribution in [2.45, 2.75) is 59.5 Å². The average Bonchev–Trinajstić information content (AvgIpc) is 3.40. The fourth-order valence-electron chi connectivity index (χ4n) is 3.39. The molecule has 6 nitrogen and oxygen atoms in total. The van der Waals surface area contributed by atoms with Gasteiger partial charge in [0.2, 0.25) is 5.91 Å². The van der Waals surface area contributed by atoms with E-state index in [-0.39, 0.29) is 23.3 Å². The van der Waals surface area contributed by atoms with E-state index in [4.69, 9.17) is 9.73 Å². The predicted octanol–water partition coefficient (Wildman–Crippen LogP) is 1.91. The summed E-state index contributed by atoms with van der Waals surface area (Å²) in [6.45, 7) is 12.6. The number of hydrogen-bond donors (Lipinski definition) is 3. The minimum absolute atomic E-state index is 0.138. The second-order valence-corrected chi connectivity index (χ2v) is 8.27. The number of nitrogens with zero attached hydrogens (tertiary/aromatic N) is 1. The van der Waals surface area contributed by atoms with E-state index in [9.17, 15) is 4.79 Å². The van der Waals surface area contributed by atoms with Crippen LogP contribution in [0.3, 0.4) is 0 Å². The Morgan fingerprint density at radius 1 is 1.12 bits per heavy atom. The number of guanidine groups is 1. The van der Waals surface area contributed by atoms with Gasteiger partial charge in [-0.1, -0.05) is 20.8 Å². The fraction of sp³-hybridized carbons (Fsp3) is 0.895. The largest absolute Gasteiger partial charge is 0.377 e. The Balaban J connectivity index is 1.79. The molecule has 2 fully saturated rings. The highest BCUT2D eigenvalue weighted by molar-refractivity contribution is 5.81. The Bertz CT molecular complexity index is 455. The minimum atomic E-state index is 0.138. The van der Waals surface area contributed by atoms with Crippen LogP contribution < -0.4 is 16.0 Å². The second kappa shape index (κ2) is 9.41. The maximum absolute atomic E-state index is 11.6. The minimum Gasteiger partial charge on any atom is -0.377 e. The van der Waals surface area contributed by atoms with E-state index in [1.807, 2.05) is 0 Å². The standard InChI is InChI=1S/C19H36N4O2/c1-5-20-18(22-11-10-21-17(24)14-8-9-14)23-13-15-7-6-12-25-16(15)19(2,3)4/h14-16H,5-13H2,1-4H3,(H,21,24)(H2,20,22,23). The van der Waals surface area contributed by atoms with Crippen LogP contribution in [0.2, 0.25) is 0 Å². The van der Waals surface area contributed by atoms with E-state index in [0.717, 1.165) is 44.9 Å². The third-order valence-electron chi connectivity index (χ3n) is 4.79. The van der Waals surface area contributed by atoms with E-state index in [1.165, 1.54) is 6.42 Å². The molecule has 6 heteroatoms. The van der Waals surface area contributed by atoms with Crippen molar-refractivity contribution in [2.75, 3.05) is 32.8 Å². The molecule has 2 aliphatic rings. The van der Waals surface area contributed by atoms with Crippen molar-refractivity contribution < 1.29 is 9.53 Å². The molecular formula is C19H36N4O2. The topological polar surface area (TPSA) is 74.8 Å². The molecule has 1 heterocycles. The molecule has 1 amide bonds. The molecule has 25 heavy (non-hydrogen) atoms. The van der Waals surface area contributed by atoms with Gasteiger partial charge in [-0.2, -0.15) is 0 Å². The van der Waals surface area contributed by atoms with Crippen LogP contribution >= 0.6 is 0 Å². The predicted molar refractivity (Wildman–Crippen MR) is 102 cm³/mol. The quantitative estimate of drug-likeness (QED) is 0.372. The van der Waals surface area contributed by atoms with E-state index >= 15 is 0 Å². The van der Waals surface area contributed by atoms with Crippen LogP contribution in [0, 0.1) is 17.3 Å². The molecule has 0 spiro atoms. The maximum Gasteiger partial charge on any atom is 0.223 e. The molecule has 2 unspecified atom stereocenters. The maximum atomic E-state index is 11.6. The van der Waals surface area contributed by atoms with Crippen molar-refractivity contribution in [1.82, 2.24) is 16.0 Å². The number of ether oxygens (including phenoxy) is 1. The summed E-state index contributed by atoms with van der Waals surface area (Å²) in [6, 6.07) is 0. The molecule has 2 atom stereocenters. The number of rotatable bonds is 7. The Kier molecular flexibility index (Phi) is 7.54. The summed E-state index contributed by atoms with van der Waals surface area (Å²) in [7, 11) is 0. The van der Waals surface area contributed by atoms with Crippen LogP contribution in [0.15, 0.2) is 4.99 Å². The summed E-state index contributed by atoms with van der Waals surface area (Å²) < 4.78 is 6.04. The first-order valence-corrected chi connectivity index (χ1v) is 9.83. The molecule has 0 bridgehead atoms. The summed E-state index contributed by atoms with van der Waals surface area (Å²) in [6.07, 6.45) is 4.63. The Morgan fingerprint density at radius 3 is 2.48 bits per heavy atom. The first-order chi connectivity index (χ1) is 11.9. The molecule has 144 valence electrons. The van der Waals surface area contributed by atoms with Gasteiger partial charge in [0.15, 0.2) is 5.96 Å². The lowest BCUT2D eigenvalue weighted by Gasteiger charge is -2.39. The van der Waals surface area contributed by atoms with Crippen molar-refractivity contribution in [3.63, 3.8) is 0 Å². The van der Waals surface area contributed by atoms with E-state index < -0.39 is 0 Å². The first kappa shape index (κ1) is 20.0. The van der Waals surface area contributed by atoms with Gasteiger partial charge in [0, 0.05) is 44.6 Å². The molecule has 1 aliphatic carbocycles. The van der Waals surface area contributed by atoms with Gasteiger partial charge in [-0.3, -0.25) is 9.79 Å². The van der Waals surface area contributed by atoms with Crippen molar-refractivity contribution >= 4 is 11.9 Å². The van der Waals surface area contributed by atoms with Crippen LogP contribution in [0.1, 0.15) is 53.4 Å². The summed E-state index contributed by atoms with van der Waals surface area (Å²) in [4.78, 5) is 16.4. The van der Waals surface area contributed by atoms with E-state index in [1.54, 1.807) is 0 Å². The molecule has 2 rings (SSSR count). The molecular weight excluding hydrogens is 316 g/mol. The molecule has 0 aromatic heterocycles. The molecule has 0 aromatic carbocycles. The molecule has 3 N–H and O–H groups in total. The lowest BCUT2D eigenvalue weighted by Crippen LogP contribution is -2.44. The van der Waals surface area contributed by atoms with Crippen LogP contribution in [-0.2, 0) is 9.53 Å². The van der Waals surface area contributed by atoms with Crippen LogP contribution in [-0.4, -0.2) is 50.8 Å². The third kappa shape index (κ3) is 6.84. The summed E-state index contributed by atoms with van der Waals surface area (Å²) in [5.41, 5.74) is 0.138. The Morgan fingerprint density at radius 2 is 1.84 bits per heavy atom. The zero-order chi connectivity index (χ0) is 18.3. The van der Waals surface area contributed by atoms with Crippen molar-refractivity contribution in [2.24, 2.45) is 22.2 Å². The summed E-state index contributed by atoms with van der Waals surface area (Å²) >= 11 is 0. The number of nitrogens with one attached hydrogen (secondary N) is 3. The van der Waals surface area contributed by atoms with E-state index in [2.05, 4.69) is 43.6 Å². The van der Waals surface area contributed by atoms with Gasteiger partial charge < -0.3 is 20.7 Å². The van der Waals surface area contributed by atoms with Gasteiger partial charge in [0.1, 0.15) is 0 Å². The zero-order valence-corrected chi connectivity index (χ0v) is 16.4. The van der Waals surface area contributed by atoms with Crippen LogP contribution in [0.5, 0.6) is 0 Å². The van der Waals surface area contributed by atoms with Gasteiger partial charge in [-0.25, -0.2) is 0 Å². The lowest BCUT2D eigenvalue weighted by atomic mass is 9.78. The van der Waals surface area contributed by atoms with Crippen molar-refractivity contribution in [3.05, 3.63) is 0 Å². The number of carbonyl (C=O) groups is 1. The third-order valence-corrected chi connectivity index (χ3v) is 4.79. The summed E-state index contributed by atoms with van der Waals surface area (Å²) in [5, 5.41) is 9.57. The monoisotopic (exact) mass is 352 g/mol. The van der Waals surface area contributed by atoms with Crippen molar-refractivity contribution in [1.29, 1.82) is 0 Å². The second-order valence-electron chi connectivity index (χ2n) is 8.27. The van der Waals surface area contributed by atoms with Crippen LogP contribution in [0.4, 0.5) is 0 Å². The van der Waals surface area contributed by atoms with Gasteiger partial charge in [0.05, 0.1) is 6.10 Å². The Labute approximate surface area is 152 Å². The molecule has 1 saturated heterocycles. The number of carbonyl (C=O) groups excluding carboxylic acids is 1. The van der Waals surface area contributed by atoms with Crippen molar-refractivity contribution in [3.8, 4) is 0 Å². The van der Waals surface area contributed by atoms with Gasteiger partial charge in [-0.05, 0) is 38.0 Å². The summed E-state index contributed by atoms with van der Waals surface area (Å²) in [5.74, 6) is 1.74. The van der Waals surface area contributed by atoms with Crippen LogP contribution in [0.25, 0.3) is 0 Å². The zero-order valence-electron chi connectivity index (χ0n) is 16.4. The average molecular weight is 353 g/mol. The number of aliphatic imine (C=N–C) groups is 1. The smallest absolute Gasteiger partial charge is 0.223 e. The SMILES string of the molecule is CCNC(=NCC1CCCOC1C(C)(C)C)NCCNC(=O)C1CC1. The normalized spacial score (nSPS) is 24.7. The molecule has 0 radical (unpaired) electrons. The highest BCUT2D eigenvalue weighted by atomic mass is 16.5. The van der Waals surface area contributed by atoms with Gasteiger partial charge in [0.25, 0.3) is 0 Å². The lowest BCUT2D eigenvalue weighted by molar-refractivity contribution is -0.122. The molecule has 1 saturated carbocycles. The van der Waals surface area contributed by atoms with Gasteiger partial charge >= 0.3 is 0 Å².